The molecular formula is C24H15ClF3NO3S. The van der Waals surface area contributed by atoms with Gasteiger partial charge in [-0.1, -0.05) is 41.9 Å². The first-order valence-corrected chi connectivity index (χ1v) is 10.8. The largest absolute Gasteiger partial charge is 0.489 e. The maximum absolute atomic E-state index is 13.0. The molecule has 3 aromatic carbocycles. The van der Waals surface area contributed by atoms with E-state index in [4.69, 9.17) is 16.3 Å². The number of rotatable bonds is 5. The van der Waals surface area contributed by atoms with Crippen molar-refractivity contribution in [1.82, 2.24) is 0 Å². The van der Waals surface area contributed by atoms with E-state index in [-0.39, 0.29) is 10.6 Å². The molecule has 0 atom stereocenters. The first-order valence-electron chi connectivity index (χ1n) is 9.63. The van der Waals surface area contributed by atoms with Crippen molar-refractivity contribution in [3.05, 3.63) is 99.4 Å². The molecule has 1 aliphatic heterocycles. The van der Waals surface area contributed by atoms with E-state index < -0.39 is 22.9 Å². The number of imide groups is 1. The standard InChI is InChI=1S/C24H15ClF3NO3S/c25-18-8-4-16(5-9-18)14-32-20-10-6-15(7-11-20)12-21-22(30)29(23(31)33-21)19-3-1-2-17(13-19)24(26,27)28/h1-13H,14H2/b21-12-. The number of hydrogen-bond acceptors (Lipinski definition) is 4. The number of halogens is 4. The zero-order chi connectivity index (χ0) is 23.6. The maximum atomic E-state index is 13.0. The van der Waals surface area contributed by atoms with E-state index in [1.807, 2.05) is 12.1 Å². The minimum atomic E-state index is -4.58. The highest BCUT2D eigenvalue weighted by atomic mass is 35.5. The smallest absolute Gasteiger partial charge is 0.416 e. The minimum Gasteiger partial charge on any atom is -0.489 e. The second kappa shape index (κ2) is 9.33. The third kappa shape index (κ3) is 5.40. The van der Waals surface area contributed by atoms with Gasteiger partial charge in [-0.05, 0) is 71.4 Å². The van der Waals surface area contributed by atoms with Gasteiger partial charge in [0.1, 0.15) is 12.4 Å². The van der Waals surface area contributed by atoms with Crippen LogP contribution >= 0.6 is 23.4 Å². The Bertz CT molecular complexity index is 1220. The average Bonchev–Trinajstić information content (AvgIpc) is 3.06. The van der Waals surface area contributed by atoms with E-state index in [1.165, 1.54) is 12.1 Å². The van der Waals surface area contributed by atoms with Crippen molar-refractivity contribution in [3.8, 4) is 5.75 Å². The van der Waals surface area contributed by atoms with Crippen LogP contribution in [-0.4, -0.2) is 11.1 Å². The van der Waals surface area contributed by atoms with Gasteiger partial charge >= 0.3 is 6.18 Å². The average molecular weight is 490 g/mol. The number of anilines is 1. The lowest BCUT2D eigenvalue weighted by molar-refractivity contribution is -0.137. The molecule has 0 bridgehead atoms. The van der Waals surface area contributed by atoms with Gasteiger partial charge in [-0.15, -0.1) is 0 Å². The summed E-state index contributed by atoms with van der Waals surface area (Å²) in [4.78, 5) is 26.0. The summed E-state index contributed by atoms with van der Waals surface area (Å²) in [6, 6.07) is 18.3. The number of nitrogens with zero attached hydrogens (tertiary/aromatic N) is 1. The van der Waals surface area contributed by atoms with Crippen molar-refractivity contribution in [3.63, 3.8) is 0 Å². The Morgan fingerprint density at radius 1 is 0.970 bits per heavy atom. The number of carbonyl (C=O) groups excluding carboxylic acids is 2. The fraction of sp³-hybridized carbons (Fsp3) is 0.0833. The summed E-state index contributed by atoms with van der Waals surface area (Å²) in [5.74, 6) is -0.0634. The van der Waals surface area contributed by atoms with Crippen molar-refractivity contribution in [1.29, 1.82) is 0 Å². The van der Waals surface area contributed by atoms with Crippen LogP contribution in [0.1, 0.15) is 16.7 Å². The predicted octanol–water partition coefficient (Wildman–Crippen LogP) is 7.18. The van der Waals surface area contributed by atoms with Crippen LogP contribution in [0.2, 0.25) is 5.02 Å². The van der Waals surface area contributed by atoms with Crippen molar-refractivity contribution in [2.75, 3.05) is 4.90 Å². The summed E-state index contributed by atoms with van der Waals surface area (Å²) in [5.41, 5.74) is 0.536. The number of carbonyl (C=O) groups is 2. The SMILES string of the molecule is O=C1S/C(=C\c2ccc(OCc3ccc(Cl)cc3)cc2)C(=O)N1c1cccc(C(F)(F)F)c1. The van der Waals surface area contributed by atoms with Gasteiger partial charge in [-0.3, -0.25) is 9.59 Å². The predicted molar refractivity (Wildman–Crippen MR) is 122 cm³/mol. The van der Waals surface area contributed by atoms with Gasteiger partial charge in [0.25, 0.3) is 11.1 Å². The molecule has 9 heteroatoms. The highest BCUT2D eigenvalue weighted by Gasteiger charge is 2.38. The number of alkyl halides is 3. The molecule has 0 radical (unpaired) electrons. The maximum Gasteiger partial charge on any atom is 0.416 e. The minimum absolute atomic E-state index is 0.118. The molecule has 0 N–H and O–H groups in total. The number of ether oxygens (including phenoxy) is 1. The third-order valence-electron chi connectivity index (χ3n) is 4.72. The van der Waals surface area contributed by atoms with Crippen molar-refractivity contribution in [2.45, 2.75) is 12.8 Å². The summed E-state index contributed by atoms with van der Waals surface area (Å²) in [6.07, 6.45) is -3.06. The summed E-state index contributed by atoms with van der Waals surface area (Å²) in [7, 11) is 0. The zero-order valence-electron chi connectivity index (χ0n) is 16.8. The summed E-state index contributed by atoms with van der Waals surface area (Å²) >= 11 is 6.54. The van der Waals surface area contributed by atoms with E-state index >= 15 is 0 Å². The molecule has 168 valence electrons. The third-order valence-corrected chi connectivity index (χ3v) is 5.84. The van der Waals surface area contributed by atoms with E-state index in [1.54, 1.807) is 36.4 Å². The van der Waals surface area contributed by atoms with Gasteiger partial charge in [-0.2, -0.15) is 13.2 Å². The lowest BCUT2D eigenvalue weighted by atomic mass is 10.1. The topological polar surface area (TPSA) is 46.6 Å². The van der Waals surface area contributed by atoms with Crippen LogP contribution in [0.4, 0.5) is 23.7 Å². The zero-order valence-corrected chi connectivity index (χ0v) is 18.4. The highest BCUT2D eigenvalue weighted by molar-refractivity contribution is 8.19. The molecule has 0 aromatic heterocycles. The Morgan fingerprint density at radius 3 is 2.33 bits per heavy atom. The van der Waals surface area contributed by atoms with E-state index in [9.17, 15) is 22.8 Å². The van der Waals surface area contributed by atoms with Crippen molar-refractivity contribution >= 4 is 46.3 Å². The fourth-order valence-electron chi connectivity index (χ4n) is 3.07. The molecule has 33 heavy (non-hydrogen) atoms. The molecule has 4 nitrogen and oxygen atoms in total. The molecule has 0 saturated carbocycles. The quantitative estimate of drug-likeness (QED) is 0.356. The van der Waals surface area contributed by atoms with E-state index in [0.717, 1.165) is 28.7 Å². The van der Waals surface area contributed by atoms with Crippen LogP contribution in [0.5, 0.6) is 5.75 Å². The molecule has 1 fully saturated rings. The Morgan fingerprint density at radius 2 is 1.67 bits per heavy atom. The van der Waals surface area contributed by atoms with Crippen LogP contribution in [0, 0.1) is 0 Å². The van der Waals surface area contributed by atoms with Crippen LogP contribution in [0.25, 0.3) is 6.08 Å². The van der Waals surface area contributed by atoms with Crippen molar-refractivity contribution in [2.24, 2.45) is 0 Å². The monoisotopic (exact) mass is 489 g/mol. The lowest BCUT2D eigenvalue weighted by Gasteiger charge is -2.14. The molecule has 0 unspecified atom stereocenters. The van der Waals surface area contributed by atoms with E-state index in [2.05, 4.69) is 0 Å². The number of amides is 2. The first kappa shape index (κ1) is 22.9. The van der Waals surface area contributed by atoms with Crippen LogP contribution in [-0.2, 0) is 17.6 Å². The first-order chi connectivity index (χ1) is 15.7. The molecule has 1 aliphatic rings. The summed E-state index contributed by atoms with van der Waals surface area (Å²) in [5, 5.41) is -0.0194. The Labute approximate surface area is 196 Å². The van der Waals surface area contributed by atoms with Crippen LogP contribution < -0.4 is 9.64 Å². The molecule has 3 aromatic rings. The van der Waals surface area contributed by atoms with Crippen molar-refractivity contribution < 1.29 is 27.5 Å². The lowest BCUT2D eigenvalue weighted by Crippen LogP contribution is -2.28. The summed E-state index contributed by atoms with van der Waals surface area (Å²) in [6.45, 7) is 0.354. The number of benzene rings is 3. The fourth-order valence-corrected chi connectivity index (χ4v) is 4.04. The molecule has 1 heterocycles. The molecule has 2 amide bonds. The van der Waals surface area contributed by atoms with Gasteiger partial charge in [-0.25, -0.2) is 4.90 Å². The second-order valence-electron chi connectivity index (χ2n) is 7.05. The van der Waals surface area contributed by atoms with Crippen LogP contribution in [0.3, 0.4) is 0 Å². The van der Waals surface area contributed by atoms with Gasteiger partial charge in [0.2, 0.25) is 0 Å². The molecular weight excluding hydrogens is 475 g/mol. The van der Waals surface area contributed by atoms with Gasteiger partial charge in [0.05, 0.1) is 16.2 Å². The van der Waals surface area contributed by atoms with Gasteiger partial charge in [0, 0.05) is 5.02 Å². The van der Waals surface area contributed by atoms with Crippen LogP contribution in [0.15, 0.2) is 77.7 Å². The normalized spacial score (nSPS) is 15.4. The Kier molecular flexibility index (Phi) is 6.49. The second-order valence-corrected chi connectivity index (χ2v) is 8.48. The van der Waals surface area contributed by atoms with E-state index in [0.29, 0.717) is 34.7 Å². The van der Waals surface area contributed by atoms with Gasteiger partial charge < -0.3 is 4.74 Å². The number of hydrogen-bond donors (Lipinski definition) is 0. The Balaban J connectivity index is 1.46. The summed E-state index contributed by atoms with van der Waals surface area (Å²) < 4.78 is 44.7. The Hall–Kier alpha value is -3.23. The highest BCUT2D eigenvalue weighted by Crippen LogP contribution is 2.38. The molecule has 4 rings (SSSR count). The molecule has 1 saturated heterocycles. The van der Waals surface area contributed by atoms with Gasteiger partial charge in [0.15, 0.2) is 0 Å². The molecule has 0 aliphatic carbocycles. The number of thioether (sulfide) groups is 1. The molecule has 0 spiro atoms.